The molecule has 4 aromatic rings. The average molecular weight is 583 g/mol. The number of nitrogens with one attached hydrogen (secondary N) is 2. The largest absolute Gasteiger partial charge is 0.478 e. The van der Waals surface area contributed by atoms with Crippen LogP contribution in [-0.2, 0) is 12.6 Å². The summed E-state index contributed by atoms with van der Waals surface area (Å²) in [6, 6.07) is 21.0. The molecule has 1 aromatic heterocycles. The molecule has 1 heterocycles. The molecule has 0 aliphatic carbocycles. The molecule has 0 spiro atoms. The summed E-state index contributed by atoms with van der Waals surface area (Å²) < 4.78 is 37.7. The van der Waals surface area contributed by atoms with Gasteiger partial charge in [-0.3, -0.25) is 10.1 Å². The van der Waals surface area contributed by atoms with E-state index in [-0.39, 0.29) is 28.3 Å². The molecule has 42 heavy (non-hydrogen) atoms. The third-order valence-electron chi connectivity index (χ3n) is 5.74. The van der Waals surface area contributed by atoms with Gasteiger partial charge in [-0.05, 0) is 54.8 Å². The minimum absolute atomic E-state index is 0.0145. The van der Waals surface area contributed by atoms with Crippen molar-refractivity contribution < 1.29 is 37.9 Å². The van der Waals surface area contributed by atoms with E-state index >= 15 is 0 Å². The number of aromatic carboxylic acids is 2. The van der Waals surface area contributed by atoms with Gasteiger partial charge in [0.05, 0.1) is 16.1 Å². The number of aryl methyl sites for hydroxylation is 1. The number of anilines is 3. The summed E-state index contributed by atoms with van der Waals surface area (Å²) in [6.45, 7) is 0.590. The van der Waals surface area contributed by atoms with Crippen LogP contribution in [0.2, 0.25) is 0 Å². The summed E-state index contributed by atoms with van der Waals surface area (Å²) in [5.74, 6) is -2.42. The summed E-state index contributed by atoms with van der Waals surface area (Å²) in [4.78, 5) is 36.1. The zero-order chi connectivity index (χ0) is 30.7. The minimum Gasteiger partial charge on any atom is -0.478 e. The van der Waals surface area contributed by atoms with E-state index in [0.717, 1.165) is 31.0 Å². The number of nitro benzene ring substituents is 1. The van der Waals surface area contributed by atoms with Gasteiger partial charge in [0.2, 0.25) is 0 Å². The Kier molecular flexibility index (Phi) is 10.5. The first kappa shape index (κ1) is 31.1. The van der Waals surface area contributed by atoms with Gasteiger partial charge in [0.15, 0.2) is 0 Å². The van der Waals surface area contributed by atoms with Gasteiger partial charge in [-0.15, -0.1) is 0 Å². The Labute approximate surface area is 237 Å². The van der Waals surface area contributed by atoms with E-state index < -0.39 is 28.6 Å². The van der Waals surface area contributed by atoms with Gasteiger partial charge < -0.3 is 20.8 Å². The second kappa shape index (κ2) is 14.3. The standard InChI is InChI=1S/C16H16N2O4.C13H9F3N2O2/c19-16(20)14-11-13(18(21)22)8-9-15(14)17-10-4-7-12-5-2-1-3-6-12;14-13(15,16)8-3-1-4-9(7-8)18-11-10(12(19)20)5-2-6-17-11/h1-3,5-6,8-9,11,17H,4,7,10H2,(H,19,20);1-7H,(H,17,18)(H,19,20). The molecule has 0 radical (unpaired) electrons. The van der Waals surface area contributed by atoms with E-state index in [1.807, 2.05) is 30.3 Å². The predicted octanol–water partition coefficient (Wildman–Crippen LogP) is 6.88. The van der Waals surface area contributed by atoms with Crippen molar-refractivity contribution in [2.75, 3.05) is 17.2 Å². The Morgan fingerprint density at radius 3 is 2.24 bits per heavy atom. The fourth-order valence-corrected chi connectivity index (χ4v) is 3.72. The molecule has 0 saturated heterocycles. The van der Waals surface area contributed by atoms with Crippen LogP contribution in [-0.4, -0.2) is 38.6 Å². The monoisotopic (exact) mass is 582 g/mol. The van der Waals surface area contributed by atoms with Gasteiger partial charge in [-0.2, -0.15) is 13.2 Å². The SMILES string of the molecule is O=C(O)c1cc([N+](=O)[O-])ccc1NCCCc1ccccc1.O=C(O)c1cccnc1Nc1cccc(C(F)(F)F)c1. The lowest BCUT2D eigenvalue weighted by atomic mass is 10.1. The number of non-ortho nitro benzene ring substituents is 1. The maximum absolute atomic E-state index is 12.6. The van der Waals surface area contributed by atoms with Crippen molar-refractivity contribution in [1.29, 1.82) is 0 Å². The van der Waals surface area contributed by atoms with Gasteiger partial charge in [-0.1, -0.05) is 36.4 Å². The number of carboxylic acids is 2. The summed E-state index contributed by atoms with van der Waals surface area (Å²) in [7, 11) is 0. The fraction of sp³-hybridized carbons (Fsp3) is 0.138. The van der Waals surface area contributed by atoms with Crippen molar-refractivity contribution in [3.8, 4) is 0 Å². The number of benzene rings is 3. The molecule has 0 saturated carbocycles. The molecular formula is C29H25F3N4O6. The van der Waals surface area contributed by atoms with Crippen LogP contribution >= 0.6 is 0 Å². The van der Waals surface area contributed by atoms with Crippen LogP contribution < -0.4 is 10.6 Å². The van der Waals surface area contributed by atoms with Crippen molar-refractivity contribution in [1.82, 2.24) is 4.98 Å². The quantitative estimate of drug-likeness (QED) is 0.0889. The van der Waals surface area contributed by atoms with Crippen LogP contribution in [0.25, 0.3) is 0 Å². The molecule has 0 fully saturated rings. The van der Waals surface area contributed by atoms with E-state index in [1.54, 1.807) is 0 Å². The maximum Gasteiger partial charge on any atom is 0.416 e. The van der Waals surface area contributed by atoms with E-state index in [1.165, 1.54) is 48.2 Å². The molecule has 0 amide bonds. The third kappa shape index (κ3) is 9.05. The molecule has 4 N–H and O–H groups in total. The number of rotatable bonds is 10. The number of pyridine rings is 1. The van der Waals surface area contributed by atoms with Crippen LogP contribution in [0, 0.1) is 10.1 Å². The Morgan fingerprint density at radius 1 is 0.881 bits per heavy atom. The lowest BCUT2D eigenvalue weighted by molar-refractivity contribution is -0.384. The lowest BCUT2D eigenvalue weighted by Gasteiger charge is -2.11. The van der Waals surface area contributed by atoms with Gasteiger partial charge in [0.25, 0.3) is 5.69 Å². The minimum atomic E-state index is -4.46. The second-order valence-corrected chi connectivity index (χ2v) is 8.72. The molecule has 4 rings (SSSR count). The van der Waals surface area contributed by atoms with Gasteiger partial charge >= 0.3 is 18.1 Å². The molecule has 218 valence electrons. The number of nitro groups is 1. The molecule has 0 atom stereocenters. The summed E-state index contributed by atoms with van der Waals surface area (Å²) >= 11 is 0. The molecular weight excluding hydrogens is 557 g/mol. The van der Waals surface area contributed by atoms with Crippen LogP contribution in [0.15, 0.2) is 91.1 Å². The van der Waals surface area contributed by atoms with E-state index in [0.29, 0.717) is 12.2 Å². The zero-order valence-corrected chi connectivity index (χ0v) is 21.8. The molecule has 10 nitrogen and oxygen atoms in total. The van der Waals surface area contributed by atoms with Gasteiger partial charge in [0.1, 0.15) is 11.4 Å². The topological polar surface area (TPSA) is 155 Å². The molecule has 0 unspecified atom stereocenters. The summed E-state index contributed by atoms with van der Waals surface area (Å²) in [5.41, 5.74) is 0.458. The Bertz CT molecular complexity index is 1550. The van der Waals surface area contributed by atoms with E-state index in [4.69, 9.17) is 10.2 Å². The van der Waals surface area contributed by atoms with Crippen molar-refractivity contribution in [2.45, 2.75) is 19.0 Å². The zero-order valence-electron chi connectivity index (χ0n) is 21.8. The van der Waals surface area contributed by atoms with Crippen LogP contribution in [0.4, 0.5) is 36.1 Å². The Hall–Kier alpha value is -5.46. The van der Waals surface area contributed by atoms with Crippen LogP contribution in [0.3, 0.4) is 0 Å². The van der Waals surface area contributed by atoms with Crippen molar-refractivity contribution >= 4 is 34.8 Å². The molecule has 0 bridgehead atoms. The van der Waals surface area contributed by atoms with E-state index in [9.17, 15) is 32.9 Å². The molecule has 13 heteroatoms. The smallest absolute Gasteiger partial charge is 0.416 e. The van der Waals surface area contributed by atoms with Crippen LogP contribution in [0.1, 0.15) is 38.3 Å². The highest BCUT2D eigenvalue weighted by Gasteiger charge is 2.30. The first-order chi connectivity index (χ1) is 20.0. The number of aromatic nitrogens is 1. The number of carboxylic acid groups (broad SMARTS) is 2. The van der Waals surface area contributed by atoms with Gasteiger partial charge in [-0.25, -0.2) is 14.6 Å². The van der Waals surface area contributed by atoms with Gasteiger partial charge in [0, 0.05) is 36.2 Å². The second-order valence-electron chi connectivity index (χ2n) is 8.72. The normalized spacial score (nSPS) is 10.6. The fourth-order valence-electron chi connectivity index (χ4n) is 3.72. The lowest BCUT2D eigenvalue weighted by Crippen LogP contribution is -2.09. The number of halogens is 3. The first-order valence-electron chi connectivity index (χ1n) is 12.4. The number of alkyl halides is 3. The number of nitrogens with zero attached hydrogens (tertiary/aromatic N) is 2. The highest BCUT2D eigenvalue weighted by atomic mass is 19.4. The number of hydrogen-bond donors (Lipinski definition) is 4. The average Bonchev–Trinajstić information content (AvgIpc) is 2.96. The third-order valence-corrected chi connectivity index (χ3v) is 5.74. The maximum atomic E-state index is 12.6. The Balaban J connectivity index is 0.000000231. The van der Waals surface area contributed by atoms with Crippen LogP contribution in [0.5, 0.6) is 0 Å². The van der Waals surface area contributed by atoms with Crippen molar-refractivity contribution in [3.05, 3.63) is 123 Å². The molecule has 0 aliphatic rings. The molecule has 3 aromatic carbocycles. The van der Waals surface area contributed by atoms with Crippen molar-refractivity contribution in [2.24, 2.45) is 0 Å². The highest BCUT2D eigenvalue weighted by Crippen LogP contribution is 2.31. The summed E-state index contributed by atoms with van der Waals surface area (Å²) in [6.07, 6.45) is -1.40. The number of carbonyl (C=O) groups is 2. The van der Waals surface area contributed by atoms with Crippen molar-refractivity contribution in [3.63, 3.8) is 0 Å². The Morgan fingerprint density at radius 2 is 1.60 bits per heavy atom. The highest BCUT2D eigenvalue weighted by molar-refractivity contribution is 5.95. The van der Waals surface area contributed by atoms with E-state index in [2.05, 4.69) is 15.6 Å². The first-order valence-corrected chi connectivity index (χ1v) is 12.4. The molecule has 0 aliphatic heterocycles. The predicted molar refractivity (Wildman–Crippen MR) is 149 cm³/mol. The summed E-state index contributed by atoms with van der Waals surface area (Å²) in [5, 5.41) is 34.4. The number of hydrogen-bond acceptors (Lipinski definition) is 7.